The van der Waals surface area contributed by atoms with E-state index in [1.165, 1.54) is 4.57 Å². The SMILES string of the molecule is CCCc1c(C)nc2n(c1=O)CCCC2O.Cc1nc2n(c(=O)c1CCCl)CCC/C2=N/O.Cc1nc2n(c(=O)c1CCCl)CCCC2.Cc1nc2n(c(=O)c1CCCl)CCCC2=O. The van der Waals surface area contributed by atoms with Crippen molar-refractivity contribution in [3.8, 4) is 0 Å². The lowest BCUT2D eigenvalue weighted by atomic mass is 10.1. The van der Waals surface area contributed by atoms with Crippen molar-refractivity contribution >= 4 is 46.3 Å². The molecule has 0 bridgehead atoms. The molecule has 0 spiro atoms. The normalized spacial score (nSPS) is 16.7. The summed E-state index contributed by atoms with van der Waals surface area (Å²) >= 11 is 17.0. The highest BCUT2D eigenvalue weighted by atomic mass is 35.5. The predicted molar refractivity (Wildman–Crippen MR) is 248 cm³/mol. The maximum atomic E-state index is 12.2. The van der Waals surface area contributed by atoms with Gasteiger partial charge in [-0.05, 0) is 98.3 Å². The average Bonchev–Trinajstić information content (AvgIpc) is 3.28. The summed E-state index contributed by atoms with van der Waals surface area (Å²) in [6.07, 6.45) is 10.1. The van der Waals surface area contributed by atoms with Crippen molar-refractivity contribution in [3.63, 3.8) is 0 Å². The summed E-state index contributed by atoms with van der Waals surface area (Å²) in [7, 11) is 0. The maximum Gasteiger partial charge on any atom is 0.257 e. The maximum absolute atomic E-state index is 12.2. The van der Waals surface area contributed by atoms with Crippen LogP contribution in [0.2, 0.25) is 0 Å². The fraction of sp³-hybridized carbons (Fsp3) is 0.600. The second-order valence-corrected chi connectivity index (χ2v) is 17.4. The van der Waals surface area contributed by atoms with Crippen molar-refractivity contribution in [1.82, 2.24) is 38.2 Å². The minimum atomic E-state index is -0.573. The molecule has 0 amide bonds. The molecule has 4 aromatic heterocycles. The number of ketones is 1. The number of aliphatic hydroxyl groups is 1. The first-order chi connectivity index (χ1) is 30.7. The molecule has 4 aliphatic rings. The van der Waals surface area contributed by atoms with Gasteiger partial charge in [0.05, 0.1) is 0 Å². The van der Waals surface area contributed by atoms with Crippen LogP contribution in [0.15, 0.2) is 24.3 Å². The molecular formula is C45H60Cl3N9O7. The molecule has 0 aliphatic carbocycles. The van der Waals surface area contributed by atoms with E-state index in [-0.39, 0.29) is 28.0 Å². The fourth-order valence-electron chi connectivity index (χ4n) is 8.55. The van der Waals surface area contributed by atoms with Gasteiger partial charge in [0, 0.05) is 102 Å². The molecule has 64 heavy (non-hydrogen) atoms. The van der Waals surface area contributed by atoms with Crippen molar-refractivity contribution in [2.45, 2.75) is 157 Å². The number of hydrogen-bond donors (Lipinski definition) is 2. The molecule has 4 aliphatic heterocycles. The van der Waals surface area contributed by atoms with E-state index in [0.717, 1.165) is 86.3 Å². The lowest BCUT2D eigenvalue weighted by Gasteiger charge is -2.23. The third kappa shape index (κ3) is 11.5. The third-order valence-electron chi connectivity index (χ3n) is 11.9. The number of halogens is 3. The number of rotatable bonds is 8. The smallest absolute Gasteiger partial charge is 0.257 e. The number of fused-ring (bicyclic) bond motifs is 4. The fourth-order valence-corrected chi connectivity index (χ4v) is 9.12. The summed E-state index contributed by atoms with van der Waals surface area (Å²) in [6, 6.07) is 0. The number of alkyl halides is 3. The van der Waals surface area contributed by atoms with E-state index in [1.54, 1.807) is 23.0 Å². The van der Waals surface area contributed by atoms with Gasteiger partial charge in [-0.3, -0.25) is 42.2 Å². The van der Waals surface area contributed by atoms with Crippen molar-refractivity contribution in [2.24, 2.45) is 5.16 Å². The number of Topliss-reactive ketones (excluding diaryl/α,β-unsaturated/α-hetero) is 1. The zero-order valence-corrected chi connectivity index (χ0v) is 39.8. The number of nitrogens with zero attached hydrogens (tertiary/aromatic N) is 9. The highest BCUT2D eigenvalue weighted by molar-refractivity contribution is 6.18. The van der Waals surface area contributed by atoms with Crippen LogP contribution < -0.4 is 22.2 Å². The molecule has 2 N–H and O–H groups in total. The molecular weight excluding hydrogens is 885 g/mol. The van der Waals surface area contributed by atoms with E-state index < -0.39 is 6.10 Å². The van der Waals surface area contributed by atoms with E-state index >= 15 is 0 Å². The van der Waals surface area contributed by atoms with Gasteiger partial charge in [-0.25, -0.2) is 19.9 Å². The standard InChI is InChI=1S/C12H18N2O2.C11H14ClN3O2.C11H13ClN2O2.C11H15ClN2O/c1-3-5-9-8(2)13-11-10(15)6-4-7-14(11)12(9)16;1-7-8(4-5-12)11(16)15-6-2-3-9(14-17)10(15)13-7;1-7-8(4-5-12)11(16)14-6-2-3-9(15)10(14)13-7;1-8-9(5-6-12)11(15)14-7-3-2-4-10(14)13-8/h10,15H,3-7H2,1-2H3;17H,2-6H2,1H3;2-6H2,1H3;2-7H2,1H3/b;14-9-;;. The van der Waals surface area contributed by atoms with Gasteiger partial charge in [-0.1, -0.05) is 18.5 Å². The van der Waals surface area contributed by atoms with Gasteiger partial charge in [0.15, 0.2) is 17.4 Å². The molecule has 0 saturated heterocycles. The monoisotopic (exact) mass is 943 g/mol. The quantitative estimate of drug-likeness (QED) is 0.126. The number of hydrogen-bond acceptors (Lipinski definition) is 12. The summed E-state index contributed by atoms with van der Waals surface area (Å²) in [4.78, 5) is 77.6. The van der Waals surface area contributed by atoms with E-state index in [4.69, 9.17) is 40.0 Å². The van der Waals surface area contributed by atoms with E-state index in [1.807, 2.05) is 18.4 Å². The molecule has 16 nitrogen and oxygen atoms in total. The van der Waals surface area contributed by atoms with Crippen LogP contribution in [-0.4, -0.2) is 77.7 Å². The first kappa shape index (κ1) is 50.5. The van der Waals surface area contributed by atoms with E-state index in [2.05, 4.69) is 32.0 Å². The summed E-state index contributed by atoms with van der Waals surface area (Å²) in [5.41, 5.74) is 6.30. The minimum Gasteiger partial charge on any atom is -0.411 e. The van der Waals surface area contributed by atoms with Gasteiger partial charge in [-0.15, -0.1) is 34.8 Å². The molecule has 0 fully saturated rings. The van der Waals surface area contributed by atoms with Crippen LogP contribution in [0, 0.1) is 27.7 Å². The van der Waals surface area contributed by atoms with Crippen LogP contribution in [0.4, 0.5) is 0 Å². The van der Waals surface area contributed by atoms with E-state index in [9.17, 15) is 29.1 Å². The van der Waals surface area contributed by atoms with Crippen LogP contribution in [0.1, 0.15) is 144 Å². The Hall–Kier alpha value is -4.51. The van der Waals surface area contributed by atoms with Crippen molar-refractivity contribution in [1.29, 1.82) is 0 Å². The summed E-state index contributed by atoms with van der Waals surface area (Å²) in [6.45, 7) is 12.1. The van der Waals surface area contributed by atoms with Crippen LogP contribution in [-0.2, 0) is 58.3 Å². The Bertz CT molecular complexity index is 2600. The second kappa shape index (κ2) is 23.6. The molecule has 1 unspecified atom stereocenters. The van der Waals surface area contributed by atoms with Gasteiger partial charge >= 0.3 is 0 Å². The zero-order chi connectivity index (χ0) is 46.7. The number of carbonyl (C=O) groups excluding carboxylic acids is 1. The molecule has 19 heteroatoms. The summed E-state index contributed by atoms with van der Waals surface area (Å²) < 4.78 is 6.53. The number of oxime groups is 1. The summed E-state index contributed by atoms with van der Waals surface area (Å²) in [5.74, 6) is 3.53. The van der Waals surface area contributed by atoms with Crippen molar-refractivity contribution in [3.05, 3.63) is 110 Å². The van der Waals surface area contributed by atoms with Gasteiger partial charge in [-0.2, -0.15) is 0 Å². The van der Waals surface area contributed by atoms with Crippen LogP contribution in [0.3, 0.4) is 0 Å². The molecule has 8 heterocycles. The van der Waals surface area contributed by atoms with Gasteiger partial charge in [0.25, 0.3) is 22.2 Å². The Morgan fingerprint density at radius 2 is 1.03 bits per heavy atom. The predicted octanol–water partition coefficient (Wildman–Crippen LogP) is 5.62. The molecule has 8 rings (SSSR count). The molecule has 0 radical (unpaired) electrons. The number of aliphatic hydroxyl groups excluding tert-OH is 1. The topological polar surface area (TPSA) is 209 Å². The Kier molecular flexibility index (Phi) is 18.6. The Morgan fingerprint density at radius 1 is 0.562 bits per heavy atom. The van der Waals surface area contributed by atoms with Crippen LogP contribution >= 0.6 is 34.8 Å². The Balaban J connectivity index is 0.000000161. The van der Waals surface area contributed by atoms with Gasteiger partial charge < -0.3 is 10.3 Å². The highest BCUT2D eigenvalue weighted by Crippen LogP contribution is 2.22. The largest absolute Gasteiger partial charge is 0.411 e. The lowest BCUT2D eigenvalue weighted by Crippen LogP contribution is -2.35. The van der Waals surface area contributed by atoms with Crippen molar-refractivity contribution in [2.75, 3.05) is 17.6 Å². The first-order valence-corrected chi connectivity index (χ1v) is 23.8. The molecule has 0 aromatic carbocycles. The number of carbonyl (C=O) groups is 1. The van der Waals surface area contributed by atoms with Gasteiger partial charge in [0.2, 0.25) is 0 Å². The molecule has 4 aromatic rings. The van der Waals surface area contributed by atoms with Crippen LogP contribution in [0.5, 0.6) is 0 Å². The Morgan fingerprint density at radius 3 is 1.61 bits per heavy atom. The zero-order valence-electron chi connectivity index (χ0n) is 37.5. The van der Waals surface area contributed by atoms with Crippen molar-refractivity contribution < 1.29 is 15.1 Å². The second-order valence-electron chi connectivity index (χ2n) is 16.3. The molecule has 0 saturated carbocycles. The number of aryl methyl sites for hydroxylation is 5. The summed E-state index contributed by atoms with van der Waals surface area (Å²) in [5, 5.41) is 21.9. The Labute approximate surface area is 387 Å². The molecule has 348 valence electrons. The first-order valence-electron chi connectivity index (χ1n) is 22.2. The van der Waals surface area contributed by atoms with Gasteiger partial charge in [0.1, 0.15) is 23.5 Å². The highest BCUT2D eigenvalue weighted by Gasteiger charge is 2.25. The average molecular weight is 945 g/mol. The molecule has 1 atom stereocenters. The third-order valence-corrected chi connectivity index (χ3v) is 12.5. The lowest BCUT2D eigenvalue weighted by molar-refractivity contribution is 0.0945. The number of aromatic nitrogens is 8. The minimum absolute atomic E-state index is 0.0381. The van der Waals surface area contributed by atoms with Crippen LogP contribution in [0.25, 0.3) is 0 Å². The van der Waals surface area contributed by atoms with E-state index in [0.29, 0.717) is 121 Å².